The van der Waals surface area contributed by atoms with Crippen molar-refractivity contribution in [3.63, 3.8) is 0 Å². The molecule has 4 heteroatoms. The summed E-state index contributed by atoms with van der Waals surface area (Å²) in [6.07, 6.45) is 1.67. The standard InChI is InChI=1S/C13H19N3O/c1-9-7-16(8-10(9)2)13(17)11-4-5-15-12(6-11)14-3/h4-6,9-10H,7-8H2,1-3H3,(H,14,15). The molecular weight excluding hydrogens is 214 g/mol. The van der Waals surface area contributed by atoms with E-state index in [1.807, 2.05) is 4.90 Å². The topological polar surface area (TPSA) is 45.2 Å². The number of anilines is 1. The molecule has 2 unspecified atom stereocenters. The van der Waals surface area contributed by atoms with Gasteiger partial charge >= 0.3 is 0 Å². The fourth-order valence-electron chi connectivity index (χ4n) is 2.18. The van der Waals surface area contributed by atoms with Crippen molar-refractivity contribution in [1.29, 1.82) is 0 Å². The van der Waals surface area contributed by atoms with Gasteiger partial charge in [-0.15, -0.1) is 0 Å². The van der Waals surface area contributed by atoms with Crippen molar-refractivity contribution in [2.24, 2.45) is 11.8 Å². The number of amides is 1. The monoisotopic (exact) mass is 233 g/mol. The third-order valence-corrected chi connectivity index (χ3v) is 3.54. The number of nitrogens with one attached hydrogen (secondary N) is 1. The minimum absolute atomic E-state index is 0.111. The molecule has 1 aliphatic rings. The van der Waals surface area contributed by atoms with Crippen molar-refractivity contribution in [2.45, 2.75) is 13.8 Å². The molecule has 1 N–H and O–H groups in total. The zero-order chi connectivity index (χ0) is 12.4. The van der Waals surface area contributed by atoms with Crippen LogP contribution >= 0.6 is 0 Å². The highest BCUT2D eigenvalue weighted by molar-refractivity contribution is 5.95. The second kappa shape index (κ2) is 4.73. The first-order chi connectivity index (χ1) is 8.11. The first kappa shape index (κ1) is 11.9. The van der Waals surface area contributed by atoms with E-state index in [9.17, 15) is 4.79 Å². The summed E-state index contributed by atoms with van der Waals surface area (Å²) < 4.78 is 0. The number of pyridine rings is 1. The van der Waals surface area contributed by atoms with Crippen LogP contribution in [0, 0.1) is 11.8 Å². The van der Waals surface area contributed by atoms with Crippen LogP contribution in [-0.2, 0) is 0 Å². The Morgan fingerprint density at radius 3 is 2.65 bits per heavy atom. The smallest absolute Gasteiger partial charge is 0.254 e. The van der Waals surface area contributed by atoms with Gasteiger partial charge in [0.1, 0.15) is 5.82 Å². The van der Waals surface area contributed by atoms with Gasteiger partial charge in [0.15, 0.2) is 0 Å². The maximum atomic E-state index is 12.3. The molecule has 0 radical (unpaired) electrons. The molecule has 2 atom stereocenters. The van der Waals surface area contributed by atoms with Crippen molar-refractivity contribution in [2.75, 3.05) is 25.5 Å². The number of carbonyl (C=O) groups excluding carboxylic acids is 1. The fourth-order valence-corrected chi connectivity index (χ4v) is 2.18. The maximum Gasteiger partial charge on any atom is 0.254 e. The van der Waals surface area contributed by atoms with E-state index in [-0.39, 0.29) is 5.91 Å². The highest BCUT2D eigenvalue weighted by Crippen LogP contribution is 2.23. The molecule has 0 aromatic carbocycles. The Bertz CT molecular complexity index is 409. The summed E-state index contributed by atoms with van der Waals surface area (Å²) in [4.78, 5) is 18.3. The SMILES string of the molecule is CNc1cc(C(=O)N2CC(C)C(C)C2)ccn1. The molecule has 1 aromatic heterocycles. The third kappa shape index (κ3) is 2.40. The van der Waals surface area contributed by atoms with Gasteiger partial charge in [0, 0.05) is 31.9 Å². The van der Waals surface area contributed by atoms with E-state index in [2.05, 4.69) is 24.1 Å². The number of nitrogens with zero attached hydrogens (tertiary/aromatic N) is 2. The van der Waals surface area contributed by atoms with E-state index in [1.165, 1.54) is 0 Å². The van der Waals surface area contributed by atoms with Crippen LogP contribution in [0.2, 0.25) is 0 Å². The van der Waals surface area contributed by atoms with E-state index in [4.69, 9.17) is 0 Å². The summed E-state index contributed by atoms with van der Waals surface area (Å²) in [7, 11) is 1.80. The molecule has 1 aliphatic heterocycles. The Morgan fingerprint density at radius 2 is 2.06 bits per heavy atom. The van der Waals surface area contributed by atoms with Crippen LogP contribution in [0.15, 0.2) is 18.3 Å². The molecule has 1 fully saturated rings. The first-order valence-electron chi connectivity index (χ1n) is 6.05. The minimum Gasteiger partial charge on any atom is -0.373 e. The second-order valence-electron chi connectivity index (χ2n) is 4.84. The molecule has 0 aliphatic carbocycles. The molecule has 0 saturated carbocycles. The lowest BCUT2D eigenvalue weighted by Gasteiger charge is -2.16. The van der Waals surface area contributed by atoms with Crippen LogP contribution in [-0.4, -0.2) is 35.9 Å². The molecule has 1 amide bonds. The quantitative estimate of drug-likeness (QED) is 0.848. The Labute approximate surface area is 102 Å². The van der Waals surface area contributed by atoms with Gasteiger partial charge in [-0.1, -0.05) is 13.8 Å². The average Bonchev–Trinajstić information content (AvgIpc) is 2.69. The summed E-state index contributed by atoms with van der Waals surface area (Å²) in [6, 6.07) is 3.58. The molecule has 0 spiro atoms. The van der Waals surface area contributed by atoms with E-state index < -0.39 is 0 Å². The number of rotatable bonds is 2. The normalized spacial score (nSPS) is 23.8. The molecule has 0 bridgehead atoms. The molecule has 2 rings (SSSR count). The molecule has 4 nitrogen and oxygen atoms in total. The Kier molecular flexibility index (Phi) is 3.31. The summed E-state index contributed by atoms with van der Waals surface area (Å²) in [5.74, 6) is 2.02. The number of aromatic nitrogens is 1. The van der Waals surface area contributed by atoms with Crippen LogP contribution in [0.3, 0.4) is 0 Å². The lowest BCUT2D eigenvalue weighted by molar-refractivity contribution is 0.0785. The van der Waals surface area contributed by atoms with Crippen LogP contribution < -0.4 is 5.32 Å². The lowest BCUT2D eigenvalue weighted by Crippen LogP contribution is -2.28. The van der Waals surface area contributed by atoms with Gasteiger partial charge in [0.25, 0.3) is 5.91 Å². The summed E-state index contributed by atoms with van der Waals surface area (Å²) >= 11 is 0. The number of hydrogen-bond acceptors (Lipinski definition) is 3. The highest BCUT2D eigenvalue weighted by Gasteiger charge is 2.29. The van der Waals surface area contributed by atoms with E-state index >= 15 is 0 Å². The van der Waals surface area contributed by atoms with Crippen molar-refractivity contribution in [3.8, 4) is 0 Å². The van der Waals surface area contributed by atoms with Gasteiger partial charge in [-0.3, -0.25) is 4.79 Å². The molecule has 17 heavy (non-hydrogen) atoms. The fraction of sp³-hybridized carbons (Fsp3) is 0.538. The number of likely N-dealkylation sites (tertiary alicyclic amines) is 1. The van der Waals surface area contributed by atoms with Gasteiger partial charge in [-0.2, -0.15) is 0 Å². The van der Waals surface area contributed by atoms with Crippen molar-refractivity contribution in [1.82, 2.24) is 9.88 Å². The maximum absolute atomic E-state index is 12.3. The van der Waals surface area contributed by atoms with Gasteiger partial charge in [-0.05, 0) is 24.0 Å². The third-order valence-electron chi connectivity index (χ3n) is 3.54. The lowest BCUT2D eigenvalue weighted by atomic mass is 10.0. The zero-order valence-corrected chi connectivity index (χ0v) is 10.6. The van der Waals surface area contributed by atoms with Crippen LogP contribution in [0.1, 0.15) is 24.2 Å². The summed E-state index contributed by atoms with van der Waals surface area (Å²) in [6.45, 7) is 6.11. The van der Waals surface area contributed by atoms with Crippen molar-refractivity contribution < 1.29 is 4.79 Å². The zero-order valence-electron chi connectivity index (χ0n) is 10.6. The number of carbonyl (C=O) groups is 1. The van der Waals surface area contributed by atoms with Gasteiger partial charge < -0.3 is 10.2 Å². The van der Waals surface area contributed by atoms with Gasteiger partial charge in [0.05, 0.1) is 0 Å². The van der Waals surface area contributed by atoms with E-state index in [1.54, 1.807) is 25.4 Å². The van der Waals surface area contributed by atoms with Crippen LogP contribution in [0.25, 0.3) is 0 Å². The van der Waals surface area contributed by atoms with Crippen molar-refractivity contribution >= 4 is 11.7 Å². The average molecular weight is 233 g/mol. The Balaban J connectivity index is 2.14. The molecular formula is C13H19N3O. The largest absolute Gasteiger partial charge is 0.373 e. The van der Waals surface area contributed by atoms with E-state index in [0.29, 0.717) is 17.4 Å². The Morgan fingerprint density at radius 1 is 1.41 bits per heavy atom. The predicted octanol–water partition coefficient (Wildman–Crippen LogP) is 1.85. The second-order valence-corrected chi connectivity index (χ2v) is 4.84. The van der Waals surface area contributed by atoms with Gasteiger partial charge in [0.2, 0.25) is 0 Å². The first-order valence-corrected chi connectivity index (χ1v) is 6.05. The number of hydrogen-bond donors (Lipinski definition) is 1. The van der Waals surface area contributed by atoms with Gasteiger partial charge in [-0.25, -0.2) is 4.98 Å². The van der Waals surface area contributed by atoms with Crippen LogP contribution in [0.4, 0.5) is 5.82 Å². The van der Waals surface area contributed by atoms with Crippen LogP contribution in [0.5, 0.6) is 0 Å². The summed E-state index contributed by atoms with van der Waals surface area (Å²) in [5.41, 5.74) is 0.714. The van der Waals surface area contributed by atoms with Crippen molar-refractivity contribution in [3.05, 3.63) is 23.9 Å². The molecule has 1 aromatic rings. The molecule has 1 saturated heterocycles. The summed E-state index contributed by atoms with van der Waals surface area (Å²) in [5, 5.41) is 2.95. The Hall–Kier alpha value is -1.58. The van der Waals surface area contributed by atoms with E-state index in [0.717, 1.165) is 18.9 Å². The molecule has 92 valence electrons. The minimum atomic E-state index is 0.111. The highest BCUT2D eigenvalue weighted by atomic mass is 16.2. The predicted molar refractivity (Wildman–Crippen MR) is 68.0 cm³/mol. The molecule has 2 heterocycles.